The van der Waals surface area contributed by atoms with Gasteiger partial charge < -0.3 is 15.0 Å². The first-order valence-corrected chi connectivity index (χ1v) is 9.92. The molecule has 2 aliphatic heterocycles. The summed E-state index contributed by atoms with van der Waals surface area (Å²) in [5, 5.41) is 3.11. The zero-order chi connectivity index (χ0) is 18.0. The van der Waals surface area contributed by atoms with Crippen LogP contribution in [0.5, 0.6) is 0 Å². The second-order valence-corrected chi connectivity index (χ2v) is 7.93. The molecule has 0 unspecified atom stereocenters. The van der Waals surface area contributed by atoms with Crippen LogP contribution < -0.4 is 5.32 Å². The van der Waals surface area contributed by atoms with E-state index in [0.29, 0.717) is 38.6 Å². The van der Waals surface area contributed by atoms with Gasteiger partial charge in [-0.2, -0.15) is 0 Å². The molecule has 1 N–H and O–H groups in total. The lowest BCUT2D eigenvalue weighted by atomic mass is 9.72. The quantitative estimate of drug-likeness (QED) is 0.900. The van der Waals surface area contributed by atoms with Gasteiger partial charge in [0.05, 0.1) is 11.3 Å². The molecule has 1 atom stereocenters. The lowest BCUT2D eigenvalue weighted by Gasteiger charge is -2.42. The fourth-order valence-corrected chi connectivity index (χ4v) is 4.33. The number of hydrogen-bond donors (Lipinski definition) is 1. The largest absolute Gasteiger partial charge is 0.381 e. The molecule has 4 rings (SSSR count). The number of piperidine rings is 1. The Bertz CT molecular complexity index is 650. The standard InChI is InChI=1S/C21H28N2O3/c24-19(22-18-8-9-18)16-5-4-12-23(15-16)20(25)21(10-13-26-14-11-21)17-6-2-1-3-7-17/h1-3,6-7,16,18H,4-5,8-15H2,(H,22,24)/t16-/m0/s1. The molecule has 1 saturated carbocycles. The number of nitrogens with one attached hydrogen (secondary N) is 1. The zero-order valence-corrected chi connectivity index (χ0v) is 15.3. The minimum Gasteiger partial charge on any atom is -0.381 e. The molecule has 3 aliphatic rings. The Morgan fingerprint density at radius 3 is 2.50 bits per heavy atom. The van der Waals surface area contributed by atoms with Crippen LogP contribution in [0.4, 0.5) is 0 Å². The van der Waals surface area contributed by atoms with Gasteiger partial charge in [0.2, 0.25) is 11.8 Å². The molecular formula is C21H28N2O3. The number of likely N-dealkylation sites (tertiary alicyclic amines) is 1. The molecule has 0 spiro atoms. The van der Waals surface area contributed by atoms with Gasteiger partial charge in [0.15, 0.2) is 0 Å². The van der Waals surface area contributed by atoms with Gasteiger partial charge in [-0.3, -0.25) is 9.59 Å². The Labute approximate surface area is 155 Å². The van der Waals surface area contributed by atoms with Crippen LogP contribution in [0.15, 0.2) is 30.3 Å². The summed E-state index contributed by atoms with van der Waals surface area (Å²) in [5.74, 6) is 0.239. The summed E-state index contributed by atoms with van der Waals surface area (Å²) < 4.78 is 5.56. The van der Waals surface area contributed by atoms with Crippen LogP contribution in [-0.2, 0) is 19.7 Å². The molecule has 5 nitrogen and oxygen atoms in total. The molecule has 26 heavy (non-hydrogen) atoms. The van der Waals surface area contributed by atoms with Crippen LogP contribution in [-0.4, -0.2) is 49.1 Å². The highest BCUT2D eigenvalue weighted by Crippen LogP contribution is 2.37. The molecule has 1 aliphatic carbocycles. The molecule has 0 aromatic heterocycles. The molecule has 2 heterocycles. The van der Waals surface area contributed by atoms with Gasteiger partial charge in [0.1, 0.15) is 0 Å². The van der Waals surface area contributed by atoms with Crippen LogP contribution >= 0.6 is 0 Å². The Kier molecular flexibility index (Phi) is 4.98. The summed E-state index contributed by atoms with van der Waals surface area (Å²) in [4.78, 5) is 28.0. The van der Waals surface area contributed by atoms with Crippen molar-refractivity contribution in [1.29, 1.82) is 0 Å². The SMILES string of the molecule is O=C(NC1CC1)[C@H]1CCCN(C(=O)C2(c3ccccc3)CCOCC2)C1. The van der Waals surface area contributed by atoms with Crippen molar-refractivity contribution in [3.63, 3.8) is 0 Å². The van der Waals surface area contributed by atoms with Crippen molar-refractivity contribution in [2.24, 2.45) is 5.92 Å². The molecule has 140 valence electrons. The van der Waals surface area contributed by atoms with Gasteiger partial charge in [-0.25, -0.2) is 0 Å². The Morgan fingerprint density at radius 2 is 1.81 bits per heavy atom. The molecule has 0 bridgehead atoms. The highest BCUT2D eigenvalue weighted by molar-refractivity contribution is 5.89. The van der Waals surface area contributed by atoms with Crippen molar-refractivity contribution >= 4 is 11.8 Å². The Balaban J connectivity index is 1.52. The molecule has 1 aromatic carbocycles. The molecule has 1 aromatic rings. The monoisotopic (exact) mass is 356 g/mol. The number of benzene rings is 1. The van der Waals surface area contributed by atoms with E-state index in [4.69, 9.17) is 4.74 Å². The fraction of sp³-hybridized carbons (Fsp3) is 0.619. The fourth-order valence-electron chi connectivity index (χ4n) is 4.33. The first-order valence-electron chi connectivity index (χ1n) is 9.92. The van der Waals surface area contributed by atoms with Crippen molar-refractivity contribution in [2.45, 2.75) is 50.0 Å². The van der Waals surface area contributed by atoms with Crippen molar-refractivity contribution in [3.8, 4) is 0 Å². The third-order valence-electron chi connectivity index (χ3n) is 6.09. The maximum absolute atomic E-state index is 13.6. The minimum absolute atomic E-state index is 0.0686. The number of hydrogen-bond acceptors (Lipinski definition) is 3. The van der Waals surface area contributed by atoms with Gasteiger partial charge >= 0.3 is 0 Å². The maximum Gasteiger partial charge on any atom is 0.233 e. The van der Waals surface area contributed by atoms with E-state index < -0.39 is 5.41 Å². The number of rotatable bonds is 4. The predicted molar refractivity (Wildman–Crippen MR) is 98.6 cm³/mol. The van der Waals surface area contributed by atoms with E-state index in [-0.39, 0.29) is 17.7 Å². The van der Waals surface area contributed by atoms with Crippen LogP contribution in [0.3, 0.4) is 0 Å². The van der Waals surface area contributed by atoms with Crippen molar-refractivity contribution < 1.29 is 14.3 Å². The van der Waals surface area contributed by atoms with E-state index in [0.717, 1.165) is 37.8 Å². The van der Waals surface area contributed by atoms with E-state index in [2.05, 4.69) is 17.4 Å². The summed E-state index contributed by atoms with van der Waals surface area (Å²) in [6, 6.07) is 10.5. The second kappa shape index (κ2) is 7.39. The average molecular weight is 356 g/mol. The van der Waals surface area contributed by atoms with Crippen LogP contribution in [0.25, 0.3) is 0 Å². The van der Waals surface area contributed by atoms with Gasteiger partial charge in [0.25, 0.3) is 0 Å². The van der Waals surface area contributed by atoms with Gasteiger partial charge in [-0.1, -0.05) is 30.3 Å². The van der Waals surface area contributed by atoms with Crippen LogP contribution in [0, 0.1) is 5.92 Å². The first kappa shape index (κ1) is 17.5. The molecule has 5 heteroatoms. The highest BCUT2D eigenvalue weighted by Gasteiger charge is 2.45. The lowest BCUT2D eigenvalue weighted by molar-refractivity contribution is -0.144. The van der Waals surface area contributed by atoms with E-state index in [1.54, 1.807) is 0 Å². The molecule has 2 amide bonds. The number of carbonyl (C=O) groups is 2. The van der Waals surface area contributed by atoms with E-state index in [9.17, 15) is 9.59 Å². The topological polar surface area (TPSA) is 58.6 Å². The summed E-state index contributed by atoms with van der Waals surface area (Å²) in [5.41, 5.74) is 0.576. The number of ether oxygens (including phenoxy) is 1. The van der Waals surface area contributed by atoms with Crippen molar-refractivity contribution in [2.75, 3.05) is 26.3 Å². The van der Waals surface area contributed by atoms with Crippen LogP contribution in [0.1, 0.15) is 44.1 Å². The van der Waals surface area contributed by atoms with E-state index in [1.165, 1.54) is 0 Å². The Hall–Kier alpha value is -1.88. The normalized spacial score (nSPS) is 25.5. The van der Waals surface area contributed by atoms with E-state index >= 15 is 0 Å². The summed E-state index contributed by atoms with van der Waals surface area (Å²) in [6.07, 6.45) is 5.40. The minimum atomic E-state index is -0.506. The number of amides is 2. The molecule has 3 fully saturated rings. The number of nitrogens with zero attached hydrogens (tertiary/aromatic N) is 1. The zero-order valence-electron chi connectivity index (χ0n) is 15.3. The van der Waals surface area contributed by atoms with Crippen molar-refractivity contribution in [1.82, 2.24) is 10.2 Å². The maximum atomic E-state index is 13.6. The Morgan fingerprint density at radius 1 is 1.08 bits per heavy atom. The highest BCUT2D eigenvalue weighted by atomic mass is 16.5. The summed E-state index contributed by atoms with van der Waals surface area (Å²) >= 11 is 0. The summed E-state index contributed by atoms with van der Waals surface area (Å²) in [7, 11) is 0. The first-order chi connectivity index (χ1) is 12.7. The average Bonchev–Trinajstić information content (AvgIpc) is 3.52. The van der Waals surface area contributed by atoms with Crippen molar-refractivity contribution in [3.05, 3.63) is 35.9 Å². The lowest BCUT2D eigenvalue weighted by Crippen LogP contribution is -2.54. The second-order valence-electron chi connectivity index (χ2n) is 7.93. The molecule has 0 radical (unpaired) electrons. The molecular weight excluding hydrogens is 328 g/mol. The van der Waals surface area contributed by atoms with E-state index in [1.807, 2.05) is 23.1 Å². The third kappa shape index (κ3) is 3.50. The predicted octanol–water partition coefficient (Wildman–Crippen LogP) is 2.25. The van der Waals surface area contributed by atoms with Gasteiger partial charge in [-0.05, 0) is 44.1 Å². The van der Waals surface area contributed by atoms with Gasteiger partial charge in [-0.15, -0.1) is 0 Å². The molecule has 2 saturated heterocycles. The third-order valence-corrected chi connectivity index (χ3v) is 6.09. The smallest absolute Gasteiger partial charge is 0.233 e. The number of carbonyl (C=O) groups excluding carboxylic acids is 2. The summed E-state index contributed by atoms with van der Waals surface area (Å²) in [6.45, 7) is 2.52. The van der Waals surface area contributed by atoms with Gasteiger partial charge in [0, 0.05) is 32.3 Å². The van der Waals surface area contributed by atoms with Crippen LogP contribution in [0.2, 0.25) is 0 Å².